The molecule has 126 valence electrons. The summed E-state index contributed by atoms with van der Waals surface area (Å²) in [7, 11) is 0. The molecular formula is C18H29FO3. The molecule has 0 heterocycles. The van der Waals surface area contributed by atoms with Gasteiger partial charge in [0.15, 0.2) is 0 Å². The van der Waals surface area contributed by atoms with Gasteiger partial charge in [0.1, 0.15) is 5.82 Å². The lowest BCUT2D eigenvalue weighted by Crippen LogP contribution is -2.30. The van der Waals surface area contributed by atoms with Crippen molar-refractivity contribution in [3.05, 3.63) is 34.6 Å². The van der Waals surface area contributed by atoms with Crippen LogP contribution in [0.2, 0.25) is 0 Å². The van der Waals surface area contributed by atoms with Crippen LogP contribution in [0.1, 0.15) is 77.5 Å². The van der Waals surface area contributed by atoms with Crippen LogP contribution in [0.15, 0.2) is 12.1 Å². The van der Waals surface area contributed by atoms with E-state index in [9.17, 15) is 19.7 Å². The van der Waals surface area contributed by atoms with Crippen LogP contribution >= 0.6 is 0 Å². The van der Waals surface area contributed by atoms with E-state index in [4.69, 9.17) is 0 Å². The Morgan fingerprint density at radius 2 is 1.09 bits per heavy atom. The zero-order valence-electron chi connectivity index (χ0n) is 14.5. The summed E-state index contributed by atoms with van der Waals surface area (Å²) < 4.78 is 14.9. The Balaban J connectivity index is 3.73. The number of rotatable bonds is 6. The van der Waals surface area contributed by atoms with Crippen molar-refractivity contribution in [3.63, 3.8) is 0 Å². The molecule has 3 N–H and O–H groups in total. The van der Waals surface area contributed by atoms with Gasteiger partial charge in [0.25, 0.3) is 0 Å². The van der Waals surface area contributed by atoms with Gasteiger partial charge < -0.3 is 15.3 Å². The van der Waals surface area contributed by atoms with Crippen LogP contribution in [0, 0.1) is 5.82 Å². The predicted molar refractivity (Wildman–Crippen MR) is 86.0 cm³/mol. The molecule has 0 aliphatic carbocycles. The molecule has 3 unspecified atom stereocenters. The maximum Gasteiger partial charge on any atom is 0.135 e. The fourth-order valence-corrected chi connectivity index (χ4v) is 2.30. The van der Waals surface area contributed by atoms with E-state index in [1.165, 1.54) is 12.1 Å². The molecule has 0 radical (unpaired) electrons. The van der Waals surface area contributed by atoms with Crippen molar-refractivity contribution in [2.24, 2.45) is 0 Å². The lowest BCUT2D eigenvalue weighted by Gasteiger charge is -2.32. The molecule has 1 aromatic carbocycles. The molecule has 1 aromatic rings. The third-order valence-corrected chi connectivity index (χ3v) is 4.92. The average Bonchev–Trinajstić information content (AvgIpc) is 2.46. The highest BCUT2D eigenvalue weighted by molar-refractivity contribution is 5.40. The normalized spacial score (nSPS) is 20.1. The van der Waals surface area contributed by atoms with Crippen molar-refractivity contribution in [1.82, 2.24) is 0 Å². The lowest BCUT2D eigenvalue weighted by atomic mass is 9.81. The molecule has 3 nitrogen and oxygen atoms in total. The second kappa shape index (κ2) is 6.26. The van der Waals surface area contributed by atoms with Crippen molar-refractivity contribution in [2.75, 3.05) is 0 Å². The second-order valence-corrected chi connectivity index (χ2v) is 6.77. The molecule has 22 heavy (non-hydrogen) atoms. The van der Waals surface area contributed by atoms with Crippen LogP contribution in [0.3, 0.4) is 0 Å². The van der Waals surface area contributed by atoms with Crippen molar-refractivity contribution < 1.29 is 19.7 Å². The smallest absolute Gasteiger partial charge is 0.135 e. The van der Waals surface area contributed by atoms with E-state index < -0.39 is 22.6 Å². The number of hydrogen-bond acceptors (Lipinski definition) is 3. The third kappa shape index (κ3) is 3.50. The highest BCUT2D eigenvalue weighted by atomic mass is 19.1. The SMILES string of the molecule is CCC(C)(O)c1cc(C(C)(O)CC)c(F)c(C(C)(O)CC)c1. The molecular weight excluding hydrogens is 283 g/mol. The molecule has 0 aromatic heterocycles. The van der Waals surface area contributed by atoms with Gasteiger partial charge in [-0.2, -0.15) is 0 Å². The van der Waals surface area contributed by atoms with Crippen molar-refractivity contribution >= 4 is 0 Å². The van der Waals surface area contributed by atoms with E-state index in [2.05, 4.69) is 0 Å². The van der Waals surface area contributed by atoms with Crippen LogP contribution in [0.4, 0.5) is 4.39 Å². The Morgan fingerprint density at radius 1 is 0.773 bits per heavy atom. The zero-order valence-corrected chi connectivity index (χ0v) is 14.5. The second-order valence-electron chi connectivity index (χ2n) is 6.77. The number of benzene rings is 1. The average molecular weight is 312 g/mol. The zero-order chi connectivity index (χ0) is 17.3. The molecule has 3 atom stereocenters. The highest BCUT2D eigenvalue weighted by Gasteiger charge is 2.35. The minimum atomic E-state index is -1.36. The molecule has 1 rings (SSSR count). The van der Waals surface area contributed by atoms with E-state index >= 15 is 0 Å². The summed E-state index contributed by atoms with van der Waals surface area (Å²) >= 11 is 0. The summed E-state index contributed by atoms with van der Waals surface area (Å²) in [5.41, 5.74) is -3.13. The van der Waals surface area contributed by atoms with Gasteiger partial charge in [0.2, 0.25) is 0 Å². The number of hydrogen-bond donors (Lipinski definition) is 3. The van der Waals surface area contributed by atoms with E-state index in [1.807, 2.05) is 6.92 Å². The number of aliphatic hydroxyl groups is 3. The van der Waals surface area contributed by atoms with Gasteiger partial charge in [-0.05, 0) is 57.7 Å². The molecule has 0 saturated carbocycles. The summed E-state index contributed by atoms with van der Waals surface area (Å²) in [5.74, 6) is -0.602. The van der Waals surface area contributed by atoms with Crippen LogP contribution in [-0.4, -0.2) is 15.3 Å². The molecule has 0 aliphatic heterocycles. The molecule has 0 amide bonds. The van der Waals surface area contributed by atoms with Gasteiger partial charge in [-0.25, -0.2) is 4.39 Å². The Bertz CT molecular complexity index is 496. The summed E-state index contributed by atoms with van der Waals surface area (Å²) in [4.78, 5) is 0. The van der Waals surface area contributed by atoms with Crippen LogP contribution < -0.4 is 0 Å². The van der Waals surface area contributed by atoms with E-state index in [1.54, 1.807) is 34.6 Å². The van der Waals surface area contributed by atoms with E-state index in [0.717, 1.165) is 0 Å². The third-order valence-electron chi connectivity index (χ3n) is 4.92. The van der Waals surface area contributed by atoms with Crippen molar-refractivity contribution in [1.29, 1.82) is 0 Å². The predicted octanol–water partition coefficient (Wildman–Crippen LogP) is 3.68. The van der Waals surface area contributed by atoms with Crippen LogP contribution in [0.25, 0.3) is 0 Å². The lowest BCUT2D eigenvalue weighted by molar-refractivity contribution is 0.0338. The molecule has 0 bridgehead atoms. The summed E-state index contributed by atoms with van der Waals surface area (Å²) in [6, 6.07) is 3.02. The van der Waals surface area contributed by atoms with E-state index in [0.29, 0.717) is 24.8 Å². The Morgan fingerprint density at radius 3 is 1.36 bits per heavy atom. The minimum absolute atomic E-state index is 0.116. The minimum Gasteiger partial charge on any atom is -0.385 e. The van der Waals surface area contributed by atoms with E-state index in [-0.39, 0.29) is 11.1 Å². The van der Waals surface area contributed by atoms with Gasteiger partial charge in [0.05, 0.1) is 16.8 Å². The first-order chi connectivity index (χ1) is 9.93. The first-order valence-corrected chi connectivity index (χ1v) is 7.95. The Kier molecular flexibility index (Phi) is 5.43. The Hall–Kier alpha value is -0.970. The fourth-order valence-electron chi connectivity index (χ4n) is 2.30. The fraction of sp³-hybridized carbons (Fsp3) is 0.667. The number of halogens is 1. The van der Waals surface area contributed by atoms with Gasteiger partial charge in [0, 0.05) is 11.1 Å². The summed E-state index contributed by atoms with van der Waals surface area (Å²) in [6.07, 6.45) is 1.10. The van der Waals surface area contributed by atoms with Gasteiger partial charge in [-0.15, -0.1) is 0 Å². The van der Waals surface area contributed by atoms with Gasteiger partial charge in [-0.3, -0.25) is 0 Å². The monoisotopic (exact) mass is 312 g/mol. The summed E-state index contributed by atoms with van der Waals surface area (Å²) in [5, 5.41) is 31.5. The quantitative estimate of drug-likeness (QED) is 0.751. The maximum atomic E-state index is 14.9. The maximum absolute atomic E-state index is 14.9. The largest absolute Gasteiger partial charge is 0.385 e. The molecule has 0 spiro atoms. The molecule has 0 aliphatic rings. The molecule has 0 saturated heterocycles. The van der Waals surface area contributed by atoms with Crippen molar-refractivity contribution in [3.8, 4) is 0 Å². The summed E-state index contributed by atoms with van der Waals surface area (Å²) in [6.45, 7) is 10.1. The topological polar surface area (TPSA) is 60.7 Å². The van der Waals surface area contributed by atoms with Gasteiger partial charge in [-0.1, -0.05) is 20.8 Å². The highest BCUT2D eigenvalue weighted by Crippen LogP contribution is 2.38. The Labute approximate surface area is 132 Å². The molecule has 0 fully saturated rings. The first kappa shape index (κ1) is 19.1. The first-order valence-electron chi connectivity index (χ1n) is 7.95. The molecule has 4 heteroatoms. The van der Waals surface area contributed by atoms with Crippen molar-refractivity contribution in [2.45, 2.75) is 77.6 Å². The van der Waals surface area contributed by atoms with Crippen LogP contribution in [-0.2, 0) is 16.8 Å². The van der Waals surface area contributed by atoms with Gasteiger partial charge >= 0.3 is 0 Å². The van der Waals surface area contributed by atoms with Crippen LogP contribution in [0.5, 0.6) is 0 Å². The standard InChI is InChI=1S/C18H29FO3/c1-7-16(4,20)12-10-13(17(5,21)8-2)15(19)14(11-12)18(6,22)9-3/h10-11,20-22H,7-9H2,1-6H3.